The van der Waals surface area contributed by atoms with Gasteiger partial charge in [-0.2, -0.15) is 0 Å². The molecular weight excluding hydrogens is 444 g/mol. The van der Waals surface area contributed by atoms with Gasteiger partial charge in [-0.15, -0.1) is 0 Å². The van der Waals surface area contributed by atoms with E-state index in [1.165, 1.54) is 23.1 Å². The number of thioether (sulfide) groups is 1. The molecule has 0 aliphatic rings. The number of aromatic nitrogens is 3. The molecule has 0 radical (unpaired) electrons. The van der Waals surface area contributed by atoms with Crippen LogP contribution in [-0.4, -0.2) is 32.3 Å². The fraction of sp³-hybridized carbons (Fsp3) is 0.304. The van der Waals surface area contributed by atoms with Gasteiger partial charge in [0, 0.05) is 6.54 Å². The third kappa shape index (κ3) is 4.49. The Bertz CT molecular complexity index is 1330. The fourth-order valence-corrected chi connectivity index (χ4v) is 5.34. The van der Waals surface area contributed by atoms with Crippen LogP contribution in [0.15, 0.2) is 52.4 Å². The minimum atomic E-state index is -0.410. The smallest absolute Gasteiger partial charge is 0.262 e. The summed E-state index contributed by atoms with van der Waals surface area (Å²) in [6, 6.07) is 13.0. The Hall–Kier alpha value is -2.91. The van der Waals surface area contributed by atoms with Crippen LogP contribution < -0.4 is 15.6 Å². The van der Waals surface area contributed by atoms with Gasteiger partial charge < -0.3 is 10.1 Å². The molecule has 0 bridgehead atoms. The zero-order valence-corrected chi connectivity index (χ0v) is 19.8. The Kier molecular flexibility index (Phi) is 6.76. The van der Waals surface area contributed by atoms with E-state index in [-0.39, 0.29) is 11.5 Å². The van der Waals surface area contributed by atoms with Crippen LogP contribution in [0.3, 0.4) is 0 Å². The molecule has 0 spiro atoms. The maximum Gasteiger partial charge on any atom is 0.262 e. The maximum absolute atomic E-state index is 13.0. The topological polar surface area (TPSA) is 86.1 Å². The van der Waals surface area contributed by atoms with Gasteiger partial charge >= 0.3 is 0 Å². The van der Waals surface area contributed by atoms with E-state index < -0.39 is 5.25 Å². The number of thiazole rings is 1. The molecule has 0 aliphatic heterocycles. The van der Waals surface area contributed by atoms with Gasteiger partial charge in [-0.1, -0.05) is 42.2 Å². The van der Waals surface area contributed by atoms with Crippen LogP contribution in [-0.2, 0) is 11.3 Å². The largest absolute Gasteiger partial charge is 0.494 e. The lowest BCUT2D eigenvalue weighted by Crippen LogP contribution is -2.27. The summed E-state index contributed by atoms with van der Waals surface area (Å²) in [6.07, 6.45) is 0.586. The number of nitrogens with one attached hydrogen (secondary N) is 1. The summed E-state index contributed by atoms with van der Waals surface area (Å²) in [5, 5.41) is 4.19. The van der Waals surface area contributed by atoms with Crippen LogP contribution in [0.2, 0.25) is 0 Å². The molecule has 0 fully saturated rings. The summed E-state index contributed by atoms with van der Waals surface area (Å²) in [6.45, 7) is 6.86. The van der Waals surface area contributed by atoms with Crippen molar-refractivity contribution < 1.29 is 9.53 Å². The van der Waals surface area contributed by atoms with Gasteiger partial charge in [-0.3, -0.25) is 14.2 Å². The maximum atomic E-state index is 13.0. The van der Waals surface area contributed by atoms with Gasteiger partial charge in [0.25, 0.3) is 5.56 Å². The first-order chi connectivity index (χ1) is 15.5. The number of hydrogen-bond donors (Lipinski definition) is 1. The molecule has 7 nitrogen and oxygen atoms in total. The molecule has 9 heteroatoms. The normalized spacial score (nSPS) is 12.2. The molecule has 166 valence electrons. The van der Waals surface area contributed by atoms with Crippen LogP contribution in [0.1, 0.15) is 27.2 Å². The lowest BCUT2D eigenvalue weighted by atomic mass is 10.2. The van der Waals surface area contributed by atoms with Gasteiger partial charge in [0.1, 0.15) is 5.75 Å². The van der Waals surface area contributed by atoms with Crippen LogP contribution >= 0.6 is 23.1 Å². The van der Waals surface area contributed by atoms with Crippen molar-refractivity contribution in [2.75, 3.05) is 11.9 Å². The number of ether oxygens (including phenoxy) is 1. The lowest BCUT2D eigenvalue weighted by Gasteiger charge is -2.16. The molecule has 4 rings (SSSR count). The van der Waals surface area contributed by atoms with Crippen molar-refractivity contribution in [2.24, 2.45) is 0 Å². The number of hydrogen-bond acceptors (Lipinski definition) is 7. The monoisotopic (exact) mass is 468 g/mol. The van der Waals surface area contributed by atoms with E-state index in [0.29, 0.717) is 40.8 Å². The molecule has 0 saturated carbocycles. The van der Waals surface area contributed by atoms with Gasteiger partial charge in [-0.05, 0) is 50.6 Å². The van der Waals surface area contributed by atoms with E-state index in [4.69, 9.17) is 4.74 Å². The summed E-state index contributed by atoms with van der Waals surface area (Å²) < 4.78 is 8.11. The molecule has 0 aliphatic carbocycles. The highest BCUT2D eigenvalue weighted by Crippen LogP contribution is 2.31. The summed E-state index contributed by atoms with van der Waals surface area (Å²) in [4.78, 5) is 35.1. The van der Waals surface area contributed by atoms with Gasteiger partial charge in [0.15, 0.2) is 10.3 Å². The molecule has 2 aromatic heterocycles. The number of anilines is 1. The van der Waals surface area contributed by atoms with Crippen molar-refractivity contribution in [1.82, 2.24) is 14.5 Å². The Morgan fingerprint density at radius 1 is 1.16 bits per heavy atom. The van der Waals surface area contributed by atoms with Crippen molar-refractivity contribution in [3.63, 3.8) is 0 Å². The molecule has 2 heterocycles. The van der Waals surface area contributed by atoms with Crippen LogP contribution in [0.5, 0.6) is 5.75 Å². The molecule has 1 amide bonds. The first kappa shape index (κ1) is 22.3. The van der Waals surface area contributed by atoms with Crippen LogP contribution in [0, 0.1) is 0 Å². The van der Waals surface area contributed by atoms with E-state index in [0.717, 1.165) is 16.0 Å². The third-order valence-corrected chi connectivity index (χ3v) is 7.24. The summed E-state index contributed by atoms with van der Waals surface area (Å²) >= 11 is 2.72. The van der Waals surface area contributed by atoms with E-state index in [2.05, 4.69) is 15.3 Å². The van der Waals surface area contributed by atoms with E-state index in [1.54, 1.807) is 10.6 Å². The average Bonchev–Trinajstić information content (AvgIpc) is 3.19. The predicted molar refractivity (Wildman–Crippen MR) is 131 cm³/mol. The molecule has 0 saturated heterocycles. The second-order valence-corrected chi connectivity index (χ2v) is 9.25. The van der Waals surface area contributed by atoms with Gasteiger partial charge in [-0.25, -0.2) is 9.97 Å². The first-order valence-electron chi connectivity index (χ1n) is 10.5. The van der Waals surface area contributed by atoms with Gasteiger partial charge in [0.2, 0.25) is 5.91 Å². The Morgan fingerprint density at radius 2 is 1.97 bits per heavy atom. The van der Waals surface area contributed by atoms with Crippen LogP contribution in [0.25, 0.3) is 21.1 Å². The summed E-state index contributed by atoms with van der Waals surface area (Å²) in [5.74, 6) is 0.620. The number of benzene rings is 2. The summed E-state index contributed by atoms with van der Waals surface area (Å²) in [7, 11) is 0. The molecule has 4 aromatic rings. The standard InChI is InChI=1S/C23H24N4O3S2/c1-4-18(32-23-25-16-10-8-7-9-15(16)21(29)27(23)5-2)20(28)26-22-24-17-12-11-14(30-6-3)13-19(17)31-22/h7-13,18H,4-6H2,1-3H3,(H,24,26,28). The molecule has 32 heavy (non-hydrogen) atoms. The Labute approximate surface area is 193 Å². The van der Waals surface area contributed by atoms with Crippen molar-refractivity contribution in [3.05, 3.63) is 52.8 Å². The number of amides is 1. The van der Waals surface area contributed by atoms with E-state index >= 15 is 0 Å². The number of rotatable bonds is 8. The average molecular weight is 469 g/mol. The Balaban J connectivity index is 1.57. The molecule has 2 aromatic carbocycles. The van der Waals surface area contributed by atoms with Crippen LogP contribution in [0.4, 0.5) is 5.13 Å². The predicted octanol–water partition coefficient (Wildman–Crippen LogP) is 4.93. The lowest BCUT2D eigenvalue weighted by molar-refractivity contribution is -0.115. The van der Waals surface area contributed by atoms with E-state index in [9.17, 15) is 9.59 Å². The fourth-order valence-electron chi connectivity index (χ4n) is 3.37. The second kappa shape index (κ2) is 9.70. The second-order valence-electron chi connectivity index (χ2n) is 7.05. The van der Waals surface area contributed by atoms with E-state index in [1.807, 2.05) is 57.2 Å². The number of carbonyl (C=O) groups excluding carboxylic acids is 1. The first-order valence-corrected chi connectivity index (χ1v) is 12.2. The van der Waals surface area contributed by atoms with Crippen molar-refractivity contribution in [1.29, 1.82) is 0 Å². The quantitative estimate of drug-likeness (QED) is 0.291. The minimum absolute atomic E-state index is 0.0906. The highest BCUT2D eigenvalue weighted by atomic mass is 32.2. The highest BCUT2D eigenvalue weighted by molar-refractivity contribution is 8.00. The SMILES string of the molecule is CCOc1ccc2nc(NC(=O)C(CC)Sc3nc4ccccc4c(=O)n3CC)sc2c1. The molecule has 1 atom stereocenters. The molecular formula is C23H24N4O3S2. The minimum Gasteiger partial charge on any atom is -0.494 e. The molecule has 1 unspecified atom stereocenters. The highest BCUT2D eigenvalue weighted by Gasteiger charge is 2.23. The number of carbonyl (C=O) groups is 1. The van der Waals surface area contributed by atoms with Crippen molar-refractivity contribution in [3.8, 4) is 5.75 Å². The van der Waals surface area contributed by atoms with Crippen molar-refractivity contribution >= 4 is 55.3 Å². The third-order valence-electron chi connectivity index (χ3n) is 4.95. The zero-order chi connectivity index (χ0) is 22.7. The van der Waals surface area contributed by atoms with Crippen molar-refractivity contribution in [2.45, 2.75) is 44.1 Å². The number of nitrogens with zero attached hydrogens (tertiary/aromatic N) is 3. The summed E-state index contributed by atoms with van der Waals surface area (Å²) in [5.41, 5.74) is 1.36. The number of fused-ring (bicyclic) bond motifs is 2. The molecule has 1 N–H and O–H groups in total. The Morgan fingerprint density at radius 3 is 2.72 bits per heavy atom. The van der Waals surface area contributed by atoms with Gasteiger partial charge in [0.05, 0.1) is 33.0 Å². The zero-order valence-electron chi connectivity index (χ0n) is 18.1. The number of para-hydroxylation sites is 1.